The first-order valence-electron chi connectivity index (χ1n) is 3.71. The molecular weight excluding hydrogens is 201 g/mol. The Kier molecular flexibility index (Phi) is 2.45. The zero-order chi connectivity index (χ0) is 11.1. The highest BCUT2D eigenvalue weighted by Gasteiger charge is 2.43. The summed E-state index contributed by atoms with van der Waals surface area (Å²) >= 11 is 0. The molecule has 0 aromatic heterocycles. The summed E-state index contributed by atoms with van der Waals surface area (Å²) in [5.74, 6) is -0.872. The van der Waals surface area contributed by atoms with E-state index in [0.29, 0.717) is 11.0 Å². The topological polar surface area (TPSA) is 43.8 Å². The Balaban J connectivity index is 3.08. The molecule has 0 fully saturated rings. The molecule has 1 atom stereocenters. The van der Waals surface area contributed by atoms with E-state index in [1.165, 1.54) is 7.05 Å². The summed E-state index contributed by atoms with van der Waals surface area (Å²) in [6.45, 7) is 0. The van der Waals surface area contributed by atoms with E-state index >= 15 is 0 Å². The normalized spacial score (nSPS) is 24.0. The largest absolute Gasteiger partial charge is 0.431 e. The number of amides is 1. The van der Waals surface area contributed by atoms with Crippen LogP contribution >= 0.6 is 0 Å². The van der Waals surface area contributed by atoms with Crippen LogP contribution in [-0.4, -0.2) is 47.4 Å². The van der Waals surface area contributed by atoms with Crippen molar-refractivity contribution in [2.75, 3.05) is 14.1 Å². The van der Waals surface area contributed by atoms with Crippen LogP contribution in [-0.2, 0) is 4.79 Å². The van der Waals surface area contributed by atoms with E-state index in [0.717, 1.165) is 11.9 Å². The molecule has 0 aliphatic carbocycles. The lowest BCUT2D eigenvalue weighted by Gasteiger charge is -2.37. The molecule has 0 aromatic rings. The van der Waals surface area contributed by atoms with Gasteiger partial charge in [-0.1, -0.05) is 0 Å². The number of carbonyl (C=O) groups excluding carboxylic acids is 1. The molecule has 1 N–H and O–H groups in total. The molecule has 0 saturated carbocycles. The van der Waals surface area contributed by atoms with Crippen molar-refractivity contribution in [1.29, 1.82) is 0 Å². The van der Waals surface area contributed by atoms with Gasteiger partial charge < -0.3 is 10.0 Å². The average Bonchev–Trinajstić information content (AvgIpc) is 2.06. The van der Waals surface area contributed by atoms with Gasteiger partial charge in [0.15, 0.2) is 0 Å². The van der Waals surface area contributed by atoms with Crippen molar-refractivity contribution in [1.82, 2.24) is 9.80 Å². The highest BCUT2D eigenvalue weighted by molar-refractivity contribution is 5.89. The van der Waals surface area contributed by atoms with E-state index < -0.39 is 24.1 Å². The Bertz CT molecular complexity index is 287. The van der Waals surface area contributed by atoms with Gasteiger partial charge in [-0.05, 0) is 0 Å². The molecule has 0 radical (unpaired) electrons. The maximum Gasteiger partial charge on any atom is 0.431 e. The van der Waals surface area contributed by atoms with Crippen LogP contribution in [0.4, 0.5) is 13.2 Å². The lowest BCUT2D eigenvalue weighted by molar-refractivity contribution is -0.169. The second kappa shape index (κ2) is 3.16. The summed E-state index contributed by atoms with van der Waals surface area (Å²) in [6, 6.07) is 0. The lowest BCUT2D eigenvalue weighted by atomic mass is 10.2. The highest BCUT2D eigenvalue weighted by Crippen LogP contribution is 2.31. The van der Waals surface area contributed by atoms with Crippen molar-refractivity contribution < 1.29 is 23.1 Å². The van der Waals surface area contributed by atoms with Gasteiger partial charge in [0, 0.05) is 20.2 Å². The van der Waals surface area contributed by atoms with Gasteiger partial charge in [0.05, 0.1) is 0 Å². The number of nitrogens with zero attached hydrogens (tertiary/aromatic N) is 2. The molecule has 7 heteroatoms. The van der Waals surface area contributed by atoms with Crippen molar-refractivity contribution in [3.63, 3.8) is 0 Å². The minimum atomic E-state index is -4.63. The number of halogens is 3. The summed E-state index contributed by atoms with van der Waals surface area (Å²) in [7, 11) is 2.28. The van der Waals surface area contributed by atoms with Crippen molar-refractivity contribution in [3.8, 4) is 0 Å². The molecule has 0 bridgehead atoms. The molecule has 0 saturated heterocycles. The predicted molar refractivity (Wildman–Crippen MR) is 40.7 cm³/mol. The van der Waals surface area contributed by atoms with Gasteiger partial charge in [0.2, 0.25) is 6.35 Å². The van der Waals surface area contributed by atoms with Gasteiger partial charge in [-0.3, -0.25) is 9.69 Å². The maximum absolute atomic E-state index is 12.3. The maximum atomic E-state index is 12.3. The average molecular weight is 210 g/mol. The molecule has 4 nitrogen and oxygen atoms in total. The molecule has 1 heterocycles. The van der Waals surface area contributed by atoms with Crippen LogP contribution in [0.2, 0.25) is 0 Å². The summed E-state index contributed by atoms with van der Waals surface area (Å²) < 4.78 is 36.8. The summed E-state index contributed by atoms with van der Waals surface area (Å²) in [4.78, 5) is 12.4. The second-order valence-corrected chi connectivity index (χ2v) is 2.93. The molecule has 1 rings (SSSR count). The smallest absolute Gasteiger partial charge is 0.356 e. The number of carbonyl (C=O) groups is 1. The van der Waals surface area contributed by atoms with E-state index in [-0.39, 0.29) is 0 Å². The summed E-state index contributed by atoms with van der Waals surface area (Å²) in [5, 5.41) is 9.24. The quantitative estimate of drug-likeness (QED) is 0.617. The molecule has 1 amide bonds. The zero-order valence-electron chi connectivity index (χ0n) is 7.54. The van der Waals surface area contributed by atoms with Crippen LogP contribution in [0.1, 0.15) is 0 Å². The van der Waals surface area contributed by atoms with Crippen LogP contribution in [0.15, 0.2) is 11.8 Å². The van der Waals surface area contributed by atoms with Crippen molar-refractivity contribution in [2.24, 2.45) is 0 Å². The molecule has 1 unspecified atom stereocenters. The van der Waals surface area contributed by atoms with E-state index in [1.54, 1.807) is 0 Å². The predicted octanol–water partition coefficient (Wildman–Crippen LogP) is 0.112. The van der Waals surface area contributed by atoms with Crippen LogP contribution in [0, 0.1) is 0 Å². The standard InChI is InChI=1S/C7H9F3N2O2/c1-11-4(7(8,9)10)3-5(13)12(2)6(11)14/h3,6,14H,1-2H3. The molecule has 0 aromatic carbocycles. The van der Waals surface area contributed by atoms with E-state index in [4.69, 9.17) is 0 Å². The first-order valence-corrected chi connectivity index (χ1v) is 3.71. The molecule has 14 heavy (non-hydrogen) atoms. The number of aliphatic hydroxyl groups is 1. The number of hydrogen-bond acceptors (Lipinski definition) is 3. The minimum Gasteiger partial charge on any atom is -0.356 e. The fraction of sp³-hybridized carbons (Fsp3) is 0.571. The van der Waals surface area contributed by atoms with E-state index in [2.05, 4.69) is 0 Å². The van der Waals surface area contributed by atoms with Crippen molar-refractivity contribution in [3.05, 3.63) is 11.8 Å². The molecular formula is C7H9F3N2O2. The van der Waals surface area contributed by atoms with Gasteiger partial charge in [0.1, 0.15) is 5.70 Å². The van der Waals surface area contributed by atoms with E-state index in [1.807, 2.05) is 0 Å². The van der Waals surface area contributed by atoms with Crippen molar-refractivity contribution >= 4 is 5.91 Å². The summed E-state index contributed by atoms with van der Waals surface area (Å²) in [6.07, 6.45) is -5.76. The number of allylic oxidation sites excluding steroid dienone is 1. The third-order valence-electron chi connectivity index (χ3n) is 1.97. The number of aliphatic hydroxyl groups excluding tert-OH is 1. The Morgan fingerprint density at radius 3 is 2.29 bits per heavy atom. The number of rotatable bonds is 0. The van der Waals surface area contributed by atoms with Crippen LogP contribution in [0.3, 0.4) is 0 Å². The zero-order valence-corrected chi connectivity index (χ0v) is 7.54. The Morgan fingerprint density at radius 1 is 1.36 bits per heavy atom. The van der Waals surface area contributed by atoms with E-state index in [9.17, 15) is 23.1 Å². The van der Waals surface area contributed by atoms with Crippen LogP contribution < -0.4 is 0 Å². The van der Waals surface area contributed by atoms with Gasteiger partial charge in [-0.15, -0.1) is 0 Å². The number of hydrogen-bond donors (Lipinski definition) is 1. The number of likely N-dealkylation sites (N-methyl/N-ethyl adjacent to an activating group) is 1. The minimum absolute atomic E-state index is 0.451. The lowest BCUT2D eigenvalue weighted by Crippen LogP contribution is -2.52. The third kappa shape index (κ3) is 1.67. The molecule has 1 aliphatic heterocycles. The van der Waals surface area contributed by atoms with Gasteiger partial charge >= 0.3 is 6.18 Å². The molecule has 80 valence electrons. The Hall–Kier alpha value is -1.24. The van der Waals surface area contributed by atoms with Crippen molar-refractivity contribution in [2.45, 2.75) is 12.5 Å². The monoisotopic (exact) mass is 210 g/mol. The van der Waals surface area contributed by atoms with Crippen LogP contribution in [0.25, 0.3) is 0 Å². The van der Waals surface area contributed by atoms with Gasteiger partial charge in [0.25, 0.3) is 5.91 Å². The Morgan fingerprint density at radius 2 is 1.86 bits per heavy atom. The third-order valence-corrected chi connectivity index (χ3v) is 1.97. The fourth-order valence-electron chi connectivity index (χ4n) is 1.10. The Labute approximate surface area is 78.2 Å². The van der Waals surface area contributed by atoms with Crippen LogP contribution in [0.5, 0.6) is 0 Å². The highest BCUT2D eigenvalue weighted by atomic mass is 19.4. The first kappa shape index (κ1) is 10.8. The van der Waals surface area contributed by atoms with Gasteiger partial charge in [-0.25, -0.2) is 0 Å². The second-order valence-electron chi connectivity index (χ2n) is 2.93. The molecule has 1 aliphatic rings. The SMILES string of the molecule is CN1C(=O)C=C(C(F)(F)F)N(C)C1O. The molecule has 0 spiro atoms. The first-order chi connectivity index (χ1) is 6.25. The summed E-state index contributed by atoms with van der Waals surface area (Å²) in [5.41, 5.74) is -1.15. The number of alkyl halides is 3. The fourth-order valence-corrected chi connectivity index (χ4v) is 1.10. The van der Waals surface area contributed by atoms with Gasteiger partial charge in [-0.2, -0.15) is 13.2 Å².